The molecular weight excluding hydrogens is 280 g/mol. The van der Waals surface area contributed by atoms with Crippen molar-refractivity contribution >= 4 is 32.9 Å². The summed E-state index contributed by atoms with van der Waals surface area (Å²) in [7, 11) is 1.60. The highest BCUT2D eigenvalue weighted by molar-refractivity contribution is 9.10. The number of carboxylic acid groups (broad SMARTS) is 1. The van der Waals surface area contributed by atoms with E-state index in [1.807, 2.05) is 0 Å². The number of hydrogen-bond acceptors (Lipinski definition) is 4. The SMILES string of the molecule is Cn1nc(Br)c2ncn(CC(=O)O)c(=O)c21. The summed E-state index contributed by atoms with van der Waals surface area (Å²) in [6.45, 7) is -0.412. The molecule has 0 spiro atoms. The normalized spacial score (nSPS) is 10.9. The number of aliphatic carboxylic acids is 1. The first-order valence-electron chi connectivity index (χ1n) is 4.30. The maximum atomic E-state index is 11.9. The second-order valence-corrected chi connectivity index (χ2v) is 3.93. The van der Waals surface area contributed by atoms with Gasteiger partial charge in [0.15, 0.2) is 10.1 Å². The van der Waals surface area contributed by atoms with Crippen LogP contribution in [0.25, 0.3) is 11.0 Å². The van der Waals surface area contributed by atoms with Gasteiger partial charge in [0.2, 0.25) is 0 Å². The molecule has 8 heteroatoms. The number of carboxylic acids is 1. The molecule has 0 amide bonds. The third-order valence-electron chi connectivity index (χ3n) is 2.08. The third kappa shape index (κ3) is 1.60. The van der Waals surface area contributed by atoms with Crippen molar-refractivity contribution in [1.82, 2.24) is 19.3 Å². The van der Waals surface area contributed by atoms with Crippen LogP contribution in [0, 0.1) is 0 Å². The lowest BCUT2D eigenvalue weighted by molar-refractivity contribution is -0.137. The van der Waals surface area contributed by atoms with Crippen molar-refractivity contribution in [2.24, 2.45) is 7.05 Å². The molecule has 0 radical (unpaired) electrons. The van der Waals surface area contributed by atoms with E-state index in [9.17, 15) is 9.59 Å². The summed E-state index contributed by atoms with van der Waals surface area (Å²) in [5, 5.41) is 12.6. The van der Waals surface area contributed by atoms with Gasteiger partial charge in [0.05, 0.1) is 6.33 Å². The molecule has 0 aromatic carbocycles. The number of rotatable bonds is 2. The Hall–Kier alpha value is -1.70. The first kappa shape index (κ1) is 10.8. The lowest BCUT2D eigenvalue weighted by atomic mass is 10.4. The molecule has 2 rings (SSSR count). The monoisotopic (exact) mass is 286 g/mol. The molecule has 16 heavy (non-hydrogen) atoms. The molecule has 0 aliphatic carbocycles. The average molecular weight is 287 g/mol. The number of aryl methyl sites for hydroxylation is 1. The highest BCUT2D eigenvalue weighted by Gasteiger charge is 2.13. The van der Waals surface area contributed by atoms with Gasteiger partial charge in [-0.15, -0.1) is 0 Å². The van der Waals surface area contributed by atoms with E-state index in [1.165, 1.54) is 11.0 Å². The molecule has 0 unspecified atom stereocenters. The molecule has 0 aliphatic rings. The quantitative estimate of drug-likeness (QED) is 0.838. The first-order valence-corrected chi connectivity index (χ1v) is 5.09. The molecule has 84 valence electrons. The Balaban J connectivity index is 2.74. The van der Waals surface area contributed by atoms with Gasteiger partial charge in [-0.1, -0.05) is 0 Å². The van der Waals surface area contributed by atoms with Crippen LogP contribution in [0.3, 0.4) is 0 Å². The lowest BCUT2D eigenvalue weighted by Gasteiger charge is -2.01. The Kier molecular flexibility index (Phi) is 2.50. The van der Waals surface area contributed by atoms with E-state index in [1.54, 1.807) is 7.05 Å². The van der Waals surface area contributed by atoms with E-state index in [4.69, 9.17) is 5.11 Å². The van der Waals surface area contributed by atoms with Crippen LogP contribution in [-0.2, 0) is 18.4 Å². The van der Waals surface area contributed by atoms with Gasteiger partial charge in [0.25, 0.3) is 5.56 Å². The molecule has 2 aromatic rings. The summed E-state index contributed by atoms with van der Waals surface area (Å²) in [6.07, 6.45) is 1.20. The van der Waals surface area contributed by atoms with Crippen LogP contribution in [0.5, 0.6) is 0 Å². The fraction of sp³-hybridized carbons (Fsp3) is 0.250. The third-order valence-corrected chi connectivity index (χ3v) is 2.61. The molecule has 0 fully saturated rings. The van der Waals surface area contributed by atoms with Crippen molar-refractivity contribution in [3.05, 3.63) is 21.3 Å². The largest absolute Gasteiger partial charge is 0.480 e. The van der Waals surface area contributed by atoms with Crippen LogP contribution in [0.2, 0.25) is 0 Å². The highest BCUT2D eigenvalue weighted by Crippen LogP contribution is 2.16. The van der Waals surface area contributed by atoms with Gasteiger partial charge in [-0.05, 0) is 15.9 Å². The maximum absolute atomic E-state index is 11.9. The van der Waals surface area contributed by atoms with E-state index in [0.717, 1.165) is 4.57 Å². The summed E-state index contributed by atoms with van der Waals surface area (Å²) in [5.74, 6) is -1.09. The molecule has 7 nitrogen and oxygen atoms in total. The van der Waals surface area contributed by atoms with Crippen LogP contribution in [-0.4, -0.2) is 30.4 Å². The van der Waals surface area contributed by atoms with Crippen molar-refractivity contribution in [1.29, 1.82) is 0 Å². The maximum Gasteiger partial charge on any atom is 0.323 e. The van der Waals surface area contributed by atoms with Gasteiger partial charge < -0.3 is 5.11 Å². The molecule has 0 aliphatic heterocycles. The molecule has 0 saturated heterocycles. The van der Waals surface area contributed by atoms with Crippen LogP contribution >= 0.6 is 15.9 Å². The summed E-state index contributed by atoms with van der Waals surface area (Å²) in [4.78, 5) is 26.4. The van der Waals surface area contributed by atoms with Gasteiger partial charge in [-0.25, -0.2) is 4.98 Å². The lowest BCUT2D eigenvalue weighted by Crippen LogP contribution is -2.25. The Morgan fingerprint density at radius 2 is 2.31 bits per heavy atom. The van der Waals surface area contributed by atoms with Gasteiger partial charge in [-0.2, -0.15) is 5.10 Å². The molecule has 0 bridgehead atoms. The number of nitrogens with zero attached hydrogens (tertiary/aromatic N) is 4. The van der Waals surface area contributed by atoms with Crippen molar-refractivity contribution in [2.75, 3.05) is 0 Å². The number of fused-ring (bicyclic) bond motifs is 1. The van der Waals surface area contributed by atoms with Crippen molar-refractivity contribution in [3.63, 3.8) is 0 Å². The Bertz CT molecular complexity index is 630. The number of halogens is 1. The van der Waals surface area contributed by atoms with E-state index >= 15 is 0 Å². The minimum absolute atomic E-state index is 0.274. The molecule has 0 saturated carbocycles. The van der Waals surface area contributed by atoms with Gasteiger partial charge in [0.1, 0.15) is 12.1 Å². The number of hydrogen-bond donors (Lipinski definition) is 1. The minimum atomic E-state index is -1.09. The fourth-order valence-corrected chi connectivity index (χ4v) is 1.94. The average Bonchev–Trinajstić information content (AvgIpc) is 2.46. The molecule has 2 aromatic heterocycles. The van der Waals surface area contributed by atoms with E-state index in [0.29, 0.717) is 10.1 Å². The predicted molar refractivity (Wildman–Crippen MR) is 58.1 cm³/mol. The highest BCUT2D eigenvalue weighted by atomic mass is 79.9. The zero-order valence-corrected chi connectivity index (χ0v) is 9.80. The van der Waals surface area contributed by atoms with Crippen molar-refractivity contribution in [2.45, 2.75) is 6.54 Å². The zero-order chi connectivity index (χ0) is 11.9. The van der Waals surface area contributed by atoms with Gasteiger partial charge in [-0.3, -0.25) is 18.8 Å². The predicted octanol–water partition coefficient (Wildman–Crippen LogP) is -0.0229. The second kappa shape index (κ2) is 3.71. The molecule has 1 N–H and O–H groups in total. The second-order valence-electron chi connectivity index (χ2n) is 3.18. The van der Waals surface area contributed by atoms with Crippen LogP contribution in [0.1, 0.15) is 0 Å². The Morgan fingerprint density at radius 1 is 1.62 bits per heavy atom. The topological polar surface area (TPSA) is 90.0 Å². The Labute approximate surface area is 97.4 Å². The van der Waals surface area contributed by atoms with Crippen LogP contribution in [0.4, 0.5) is 0 Å². The zero-order valence-electron chi connectivity index (χ0n) is 8.21. The number of carbonyl (C=O) groups is 1. The van der Waals surface area contributed by atoms with E-state index < -0.39 is 18.1 Å². The van der Waals surface area contributed by atoms with E-state index in [2.05, 4.69) is 26.0 Å². The summed E-state index contributed by atoms with van der Waals surface area (Å²) in [6, 6.07) is 0. The standard InChI is InChI=1S/C8H7BrN4O3/c1-12-6-5(7(9)11-12)10-3-13(8(6)16)2-4(14)15/h3H,2H2,1H3,(H,14,15). The first-order chi connectivity index (χ1) is 7.50. The van der Waals surface area contributed by atoms with E-state index in [-0.39, 0.29) is 5.52 Å². The summed E-state index contributed by atoms with van der Waals surface area (Å²) in [5.41, 5.74) is 0.276. The molecule has 2 heterocycles. The smallest absolute Gasteiger partial charge is 0.323 e. The summed E-state index contributed by atoms with van der Waals surface area (Å²) >= 11 is 3.17. The van der Waals surface area contributed by atoms with Crippen LogP contribution < -0.4 is 5.56 Å². The van der Waals surface area contributed by atoms with Gasteiger partial charge in [0, 0.05) is 7.05 Å². The van der Waals surface area contributed by atoms with Crippen molar-refractivity contribution in [3.8, 4) is 0 Å². The van der Waals surface area contributed by atoms with Crippen LogP contribution in [0.15, 0.2) is 15.7 Å². The Morgan fingerprint density at radius 3 is 2.94 bits per heavy atom. The molecule has 0 atom stereocenters. The van der Waals surface area contributed by atoms with Gasteiger partial charge >= 0.3 is 5.97 Å². The fourth-order valence-electron chi connectivity index (χ4n) is 1.41. The molecular formula is C8H7BrN4O3. The minimum Gasteiger partial charge on any atom is -0.480 e. The number of aromatic nitrogens is 4. The van der Waals surface area contributed by atoms with Crippen molar-refractivity contribution < 1.29 is 9.90 Å². The summed E-state index contributed by atoms with van der Waals surface area (Å²) < 4.78 is 2.86.